The monoisotopic (exact) mass is 340 g/mol. The normalized spacial score (nSPS) is 24.4. The lowest BCUT2D eigenvalue weighted by Crippen LogP contribution is -2.39. The smallest absolute Gasteiger partial charge is 0.0676 e. The van der Waals surface area contributed by atoms with E-state index in [4.69, 9.17) is 11.6 Å². The molecule has 1 aromatic carbocycles. The van der Waals surface area contributed by atoms with Gasteiger partial charge in [-0.3, -0.25) is 4.90 Å². The number of halogens is 2. The largest absolute Gasteiger partial charge is 0.297 e. The van der Waals surface area contributed by atoms with Crippen molar-refractivity contribution in [3.05, 3.63) is 33.3 Å². The molecule has 0 N–H and O–H groups in total. The molecular weight excluding hydrogens is 324 g/mol. The summed E-state index contributed by atoms with van der Waals surface area (Å²) in [5.74, 6) is 0.285. The molecule has 2 atom stereocenters. The molecule has 1 aliphatic heterocycles. The van der Waals surface area contributed by atoms with Crippen LogP contribution in [0.25, 0.3) is 0 Å². The number of rotatable bonds is 1. The first-order chi connectivity index (χ1) is 8.82. The van der Waals surface area contributed by atoms with Crippen LogP contribution >= 0.6 is 27.5 Å². The Bertz CT molecular complexity index is 516. The summed E-state index contributed by atoms with van der Waals surface area (Å²) < 4.78 is 1.00. The molecule has 2 nitrogen and oxygen atoms in total. The van der Waals surface area contributed by atoms with E-state index in [-0.39, 0.29) is 17.4 Å². The van der Waals surface area contributed by atoms with Crippen molar-refractivity contribution in [2.24, 2.45) is 5.92 Å². The summed E-state index contributed by atoms with van der Waals surface area (Å²) in [5, 5.41) is 10.1. The van der Waals surface area contributed by atoms with Gasteiger partial charge in [0.25, 0.3) is 0 Å². The third-order valence-corrected chi connectivity index (χ3v) is 4.72. The lowest BCUT2D eigenvalue weighted by Gasteiger charge is -2.31. The Labute approximate surface area is 128 Å². The van der Waals surface area contributed by atoms with Crippen molar-refractivity contribution in [2.75, 3.05) is 13.1 Å². The maximum atomic E-state index is 9.41. The van der Waals surface area contributed by atoms with Crippen LogP contribution in [-0.4, -0.2) is 23.5 Å². The van der Waals surface area contributed by atoms with Gasteiger partial charge in [0, 0.05) is 34.0 Å². The van der Waals surface area contributed by atoms with Gasteiger partial charge in [-0.25, -0.2) is 0 Å². The second-order valence-corrected chi connectivity index (χ2v) is 7.37. The van der Waals surface area contributed by atoms with Crippen molar-refractivity contribution < 1.29 is 0 Å². The number of nitriles is 1. The second kappa shape index (κ2) is 5.44. The Hall–Kier alpha value is -0.560. The highest BCUT2D eigenvalue weighted by atomic mass is 79.9. The van der Waals surface area contributed by atoms with E-state index >= 15 is 0 Å². The van der Waals surface area contributed by atoms with Gasteiger partial charge in [-0.2, -0.15) is 5.26 Å². The number of nitrogens with zero attached hydrogens (tertiary/aromatic N) is 2. The minimum atomic E-state index is 0.0386. The molecule has 0 aliphatic carbocycles. The van der Waals surface area contributed by atoms with E-state index in [1.165, 1.54) is 5.56 Å². The van der Waals surface area contributed by atoms with Crippen LogP contribution < -0.4 is 0 Å². The molecule has 1 fully saturated rings. The predicted octanol–water partition coefficient (Wildman–Crippen LogP) is 4.44. The third-order valence-electron chi connectivity index (χ3n) is 3.80. The quantitative estimate of drug-likeness (QED) is 0.755. The van der Waals surface area contributed by atoms with E-state index in [1.807, 2.05) is 18.2 Å². The summed E-state index contributed by atoms with van der Waals surface area (Å²) in [5.41, 5.74) is 1.28. The maximum Gasteiger partial charge on any atom is 0.0676 e. The number of benzene rings is 1. The van der Waals surface area contributed by atoms with Crippen LogP contribution in [-0.2, 0) is 0 Å². The Kier molecular flexibility index (Phi) is 4.25. The Balaban J connectivity index is 2.31. The molecule has 0 amide bonds. The highest BCUT2D eigenvalue weighted by molar-refractivity contribution is 9.10. The number of hydrogen-bond acceptors (Lipinski definition) is 2. The van der Waals surface area contributed by atoms with Crippen LogP contribution in [0.5, 0.6) is 0 Å². The van der Waals surface area contributed by atoms with Gasteiger partial charge in [0.2, 0.25) is 0 Å². The SMILES string of the molecule is CC(C)(C)N1C[C@@H](C#N)[C@H](c2ccc(Cl)cc2Br)C1. The van der Waals surface area contributed by atoms with Crippen LogP contribution in [0, 0.1) is 17.2 Å². The summed E-state index contributed by atoms with van der Waals surface area (Å²) in [4.78, 5) is 2.38. The molecule has 0 saturated carbocycles. The van der Waals surface area contributed by atoms with Gasteiger partial charge in [0.15, 0.2) is 0 Å². The molecule has 1 heterocycles. The summed E-state index contributed by atoms with van der Waals surface area (Å²) in [6.07, 6.45) is 0. The average molecular weight is 342 g/mol. The molecule has 0 spiro atoms. The van der Waals surface area contributed by atoms with E-state index in [1.54, 1.807) is 0 Å². The van der Waals surface area contributed by atoms with Crippen LogP contribution in [0.15, 0.2) is 22.7 Å². The molecule has 1 aromatic rings. The fourth-order valence-electron chi connectivity index (χ4n) is 2.60. The summed E-state index contributed by atoms with van der Waals surface area (Å²) in [6, 6.07) is 8.30. The first kappa shape index (κ1) is 14.8. The molecule has 102 valence electrons. The van der Waals surface area contributed by atoms with Gasteiger partial charge in [0.05, 0.1) is 12.0 Å². The first-order valence-electron chi connectivity index (χ1n) is 6.42. The molecular formula is C15H18BrClN2. The predicted molar refractivity (Wildman–Crippen MR) is 82.3 cm³/mol. The van der Waals surface area contributed by atoms with Gasteiger partial charge in [0.1, 0.15) is 0 Å². The molecule has 0 bridgehead atoms. The molecule has 2 rings (SSSR count). The molecule has 0 radical (unpaired) electrons. The van der Waals surface area contributed by atoms with Crippen LogP contribution in [0.3, 0.4) is 0 Å². The molecule has 0 aromatic heterocycles. The lowest BCUT2D eigenvalue weighted by atomic mass is 9.90. The zero-order valence-electron chi connectivity index (χ0n) is 11.5. The average Bonchev–Trinajstić information content (AvgIpc) is 2.72. The fraction of sp³-hybridized carbons (Fsp3) is 0.533. The number of hydrogen-bond donors (Lipinski definition) is 0. The summed E-state index contributed by atoms with van der Waals surface area (Å²) in [6.45, 7) is 8.34. The molecule has 19 heavy (non-hydrogen) atoms. The molecule has 0 unspecified atom stereocenters. The van der Waals surface area contributed by atoms with Crippen molar-refractivity contribution >= 4 is 27.5 Å². The van der Waals surface area contributed by atoms with Crippen LogP contribution in [0.4, 0.5) is 0 Å². The highest BCUT2D eigenvalue weighted by Crippen LogP contribution is 2.39. The van der Waals surface area contributed by atoms with Crippen molar-refractivity contribution in [2.45, 2.75) is 32.2 Å². The van der Waals surface area contributed by atoms with E-state index < -0.39 is 0 Å². The van der Waals surface area contributed by atoms with Gasteiger partial charge >= 0.3 is 0 Å². The van der Waals surface area contributed by atoms with Crippen molar-refractivity contribution in [1.82, 2.24) is 4.90 Å². The minimum Gasteiger partial charge on any atom is -0.297 e. The highest BCUT2D eigenvalue weighted by Gasteiger charge is 2.39. The summed E-state index contributed by atoms with van der Waals surface area (Å²) in [7, 11) is 0. The van der Waals surface area contributed by atoms with Crippen molar-refractivity contribution in [1.29, 1.82) is 5.26 Å². The maximum absolute atomic E-state index is 9.41. The Morgan fingerprint density at radius 3 is 2.58 bits per heavy atom. The zero-order valence-corrected chi connectivity index (χ0v) is 13.8. The first-order valence-corrected chi connectivity index (χ1v) is 7.59. The Morgan fingerprint density at radius 2 is 2.05 bits per heavy atom. The second-order valence-electron chi connectivity index (χ2n) is 6.08. The van der Waals surface area contributed by atoms with Crippen LogP contribution in [0.1, 0.15) is 32.3 Å². The minimum absolute atomic E-state index is 0.0386. The van der Waals surface area contributed by atoms with Gasteiger partial charge in [-0.05, 0) is 38.5 Å². The van der Waals surface area contributed by atoms with E-state index in [2.05, 4.69) is 47.7 Å². The van der Waals surface area contributed by atoms with E-state index in [0.29, 0.717) is 0 Å². The van der Waals surface area contributed by atoms with Crippen molar-refractivity contribution in [3.63, 3.8) is 0 Å². The standard InChI is InChI=1S/C15H18BrClN2/c1-15(2,3)19-8-10(7-18)13(9-19)12-5-4-11(17)6-14(12)16/h4-6,10,13H,8-9H2,1-3H3/t10-,13-/m1/s1. The van der Waals surface area contributed by atoms with Crippen molar-refractivity contribution in [3.8, 4) is 6.07 Å². The van der Waals surface area contributed by atoms with Crippen LogP contribution in [0.2, 0.25) is 5.02 Å². The fourth-order valence-corrected chi connectivity index (χ4v) is 3.58. The van der Waals surface area contributed by atoms with Gasteiger partial charge < -0.3 is 0 Å². The molecule has 4 heteroatoms. The molecule has 1 aliphatic rings. The van der Waals surface area contributed by atoms with E-state index in [9.17, 15) is 5.26 Å². The van der Waals surface area contributed by atoms with Gasteiger partial charge in [-0.15, -0.1) is 0 Å². The molecule has 1 saturated heterocycles. The Morgan fingerprint density at radius 1 is 1.37 bits per heavy atom. The summed E-state index contributed by atoms with van der Waals surface area (Å²) >= 11 is 9.56. The zero-order chi connectivity index (χ0) is 14.2. The topological polar surface area (TPSA) is 27.0 Å². The third kappa shape index (κ3) is 3.13. The number of likely N-dealkylation sites (tertiary alicyclic amines) is 1. The lowest BCUT2D eigenvalue weighted by molar-refractivity contribution is 0.170. The van der Waals surface area contributed by atoms with Gasteiger partial charge in [-0.1, -0.05) is 33.6 Å². The van der Waals surface area contributed by atoms with E-state index in [0.717, 1.165) is 22.6 Å².